The summed E-state index contributed by atoms with van der Waals surface area (Å²) in [4.78, 5) is 14.8. The van der Waals surface area contributed by atoms with Crippen molar-refractivity contribution in [1.82, 2.24) is 0 Å². The Morgan fingerprint density at radius 1 is 0.784 bits per heavy atom. The Balaban J connectivity index is 1.41. The predicted octanol–water partition coefficient (Wildman–Crippen LogP) is 7.13. The Morgan fingerprint density at radius 3 is 2.05 bits per heavy atom. The second-order valence-corrected chi connectivity index (χ2v) is 9.10. The van der Waals surface area contributed by atoms with Crippen molar-refractivity contribution in [2.45, 2.75) is 25.0 Å². The number of halogens is 4. The van der Waals surface area contributed by atoms with E-state index in [1.54, 1.807) is 29.2 Å². The number of aliphatic hydroxyl groups is 1. The lowest BCUT2D eigenvalue weighted by atomic mass is 9.78. The molecule has 0 bridgehead atoms. The monoisotopic (exact) mass is 505 g/mol. The molecule has 1 N–H and O–H groups in total. The highest BCUT2D eigenvalue weighted by Gasteiger charge is 2.48. The fourth-order valence-corrected chi connectivity index (χ4v) is 4.88. The first-order valence-electron chi connectivity index (χ1n) is 11.9. The van der Waals surface area contributed by atoms with Gasteiger partial charge in [-0.15, -0.1) is 0 Å². The lowest BCUT2D eigenvalue weighted by Crippen LogP contribution is -2.55. The van der Waals surface area contributed by atoms with E-state index in [9.17, 15) is 27.5 Å². The van der Waals surface area contributed by atoms with Crippen molar-refractivity contribution in [3.8, 4) is 11.1 Å². The van der Waals surface area contributed by atoms with Crippen LogP contribution in [0.3, 0.4) is 0 Å². The van der Waals surface area contributed by atoms with E-state index in [0.29, 0.717) is 23.2 Å². The zero-order valence-corrected chi connectivity index (χ0v) is 19.6. The number of aliphatic hydroxyl groups excluding tert-OH is 1. The van der Waals surface area contributed by atoms with Gasteiger partial charge in [-0.3, -0.25) is 4.79 Å². The highest BCUT2D eigenvalue weighted by Crippen LogP contribution is 2.46. The van der Waals surface area contributed by atoms with Crippen LogP contribution in [0.1, 0.15) is 36.1 Å². The molecule has 3 nitrogen and oxygen atoms in total. The molecule has 1 fully saturated rings. The average molecular weight is 506 g/mol. The summed E-state index contributed by atoms with van der Waals surface area (Å²) < 4.78 is 54.7. The minimum atomic E-state index is -0.937. The first kappa shape index (κ1) is 24.7. The summed E-state index contributed by atoms with van der Waals surface area (Å²) in [6, 6.07) is 21.6. The number of rotatable bonds is 7. The molecule has 4 aromatic carbocycles. The summed E-state index contributed by atoms with van der Waals surface area (Å²) in [5.74, 6) is -3.32. The van der Waals surface area contributed by atoms with Gasteiger partial charge in [0.15, 0.2) is 11.6 Å². The average Bonchev–Trinajstić information content (AvgIpc) is 2.90. The zero-order chi connectivity index (χ0) is 26.1. The molecule has 0 saturated carbocycles. The van der Waals surface area contributed by atoms with E-state index in [1.165, 1.54) is 60.7 Å². The number of carbonyl (C=O) groups is 1. The number of amides is 1. The van der Waals surface area contributed by atoms with Gasteiger partial charge in [0.2, 0.25) is 5.91 Å². The van der Waals surface area contributed by atoms with E-state index in [4.69, 9.17) is 0 Å². The van der Waals surface area contributed by atoms with E-state index >= 15 is 0 Å². The van der Waals surface area contributed by atoms with Crippen molar-refractivity contribution in [1.29, 1.82) is 0 Å². The summed E-state index contributed by atoms with van der Waals surface area (Å²) in [7, 11) is 0. The smallest absolute Gasteiger partial charge is 0.233 e. The SMILES string of the molecule is O=C1C(CCC(O)c2ccc(F)cc2)[C@@H](c2ccc(-c3cccc(F)c3F)cc2)N1c1ccc(F)cc1. The van der Waals surface area contributed by atoms with Crippen LogP contribution in [0, 0.1) is 29.2 Å². The van der Waals surface area contributed by atoms with E-state index in [0.717, 1.165) is 11.6 Å². The Labute approximate surface area is 211 Å². The van der Waals surface area contributed by atoms with Gasteiger partial charge in [-0.1, -0.05) is 48.5 Å². The van der Waals surface area contributed by atoms with Crippen molar-refractivity contribution in [3.05, 3.63) is 125 Å². The first-order chi connectivity index (χ1) is 17.8. The van der Waals surface area contributed by atoms with E-state index < -0.39 is 41.3 Å². The van der Waals surface area contributed by atoms with Gasteiger partial charge in [0, 0.05) is 11.3 Å². The minimum absolute atomic E-state index is 0.130. The number of carbonyl (C=O) groups excluding carboxylic acids is 1. The Bertz CT molecular complexity index is 1410. The third kappa shape index (κ3) is 4.87. The molecule has 188 valence electrons. The van der Waals surface area contributed by atoms with Crippen LogP contribution in [0.25, 0.3) is 11.1 Å². The van der Waals surface area contributed by atoms with Crippen molar-refractivity contribution in [2.75, 3.05) is 4.90 Å². The molecule has 0 spiro atoms. The topological polar surface area (TPSA) is 40.5 Å². The molecule has 1 saturated heterocycles. The number of anilines is 1. The van der Waals surface area contributed by atoms with E-state index in [-0.39, 0.29) is 17.9 Å². The predicted molar refractivity (Wildman–Crippen MR) is 133 cm³/mol. The molecule has 7 heteroatoms. The highest BCUT2D eigenvalue weighted by atomic mass is 19.2. The van der Waals surface area contributed by atoms with E-state index in [1.807, 2.05) is 0 Å². The maximum atomic E-state index is 14.3. The van der Waals surface area contributed by atoms with Crippen molar-refractivity contribution >= 4 is 11.6 Å². The Kier molecular flexibility index (Phi) is 6.80. The molecule has 0 aliphatic carbocycles. The molecule has 1 aliphatic heterocycles. The third-order valence-electron chi connectivity index (χ3n) is 6.84. The van der Waals surface area contributed by atoms with Crippen LogP contribution in [0.4, 0.5) is 23.2 Å². The highest BCUT2D eigenvalue weighted by molar-refractivity contribution is 6.03. The second kappa shape index (κ2) is 10.2. The number of hydrogen-bond donors (Lipinski definition) is 1. The number of β-lactam (4-membered cyclic amide) rings is 1. The molecule has 3 atom stereocenters. The van der Waals surface area contributed by atoms with Crippen molar-refractivity contribution in [2.24, 2.45) is 5.92 Å². The van der Waals surface area contributed by atoms with Gasteiger partial charge < -0.3 is 10.0 Å². The summed E-state index contributed by atoms with van der Waals surface area (Å²) in [6.45, 7) is 0. The van der Waals surface area contributed by atoms with Gasteiger partial charge in [-0.2, -0.15) is 0 Å². The van der Waals surface area contributed by atoms with Crippen LogP contribution < -0.4 is 4.90 Å². The van der Waals surface area contributed by atoms with Crippen LogP contribution >= 0.6 is 0 Å². The van der Waals surface area contributed by atoms with Crippen molar-refractivity contribution in [3.63, 3.8) is 0 Å². The van der Waals surface area contributed by atoms with Crippen LogP contribution in [0.2, 0.25) is 0 Å². The first-order valence-corrected chi connectivity index (χ1v) is 11.9. The van der Waals surface area contributed by atoms with Gasteiger partial charge in [-0.25, -0.2) is 17.6 Å². The lowest BCUT2D eigenvalue weighted by molar-refractivity contribution is -0.131. The number of benzene rings is 4. The molecular weight excluding hydrogens is 482 g/mol. The molecule has 2 unspecified atom stereocenters. The normalized spacial score (nSPS) is 18.0. The van der Waals surface area contributed by atoms with Crippen LogP contribution in [0.5, 0.6) is 0 Å². The molecule has 0 aromatic heterocycles. The Morgan fingerprint density at radius 2 is 1.41 bits per heavy atom. The fraction of sp³-hybridized carbons (Fsp3) is 0.167. The molecule has 1 amide bonds. The van der Waals surface area contributed by atoms with Gasteiger partial charge in [0.25, 0.3) is 0 Å². The van der Waals surface area contributed by atoms with Crippen LogP contribution in [0.15, 0.2) is 91.0 Å². The quantitative estimate of drug-likeness (QED) is 0.214. The maximum Gasteiger partial charge on any atom is 0.233 e. The minimum Gasteiger partial charge on any atom is -0.388 e. The van der Waals surface area contributed by atoms with E-state index in [2.05, 4.69) is 0 Å². The summed E-state index contributed by atoms with van der Waals surface area (Å²) >= 11 is 0. The number of hydrogen-bond acceptors (Lipinski definition) is 2. The molecule has 0 radical (unpaired) electrons. The standard InChI is InChI=1S/C30H23F4NO2/c31-21-10-8-19(9-11-21)27(36)17-16-25-29(35(30(25)37)23-14-12-22(32)13-15-23)20-6-4-18(5-7-20)24-2-1-3-26(33)28(24)34/h1-15,25,27,29,36H,16-17H2/t25?,27?,29-/m1/s1. The lowest BCUT2D eigenvalue weighted by Gasteiger charge is -2.48. The van der Waals surface area contributed by atoms with Crippen LogP contribution in [-0.4, -0.2) is 11.0 Å². The van der Waals surface area contributed by atoms with Gasteiger partial charge in [0.1, 0.15) is 11.6 Å². The number of nitrogens with zero attached hydrogens (tertiary/aromatic N) is 1. The van der Waals surface area contributed by atoms with Crippen LogP contribution in [-0.2, 0) is 4.79 Å². The molecule has 37 heavy (non-hydrogen) atoms. The largest absolute Gasteiger partial charge is 0.388 e. The molecule has 5 rings (SSSR count). The molecule has 4 aromatic rings. The molecule has 1 heterocycles. The van der Waals surface area contributed by atoms with Gasteiger partial charge >= 0.3 is 0 Å². The molecular formula is C30H23F4NO2. The summed E-state index contributed by atoms with van der Waals surface area (Å²) in [6.07, 6.45) is -0.227. The summed E-state index contributed by atoms with van der Waals surface area (Å²) in [5, 5.41) is 10.6. The van der Waals surface area contributed by atoms with Gasteiger partial charge in [-0.05, 0) is 72.0 Å². The molecule has 1 aliphatic rings. The van der Waals surface area contributed by atoms with Crippen molar-refractivity contribution < 1.29 is 27.5 Å². The zero-order valence-electron chi connectivity index (χ0n) is 19.6. The fourth-order valence-electron chi connectivity index (χ4n) is 4.88. The Hall–Kier alpha value is -3.97. The maximum absolute atomic E-state index is 14.3. The second-order valence-electron chi connectivity index (χ2n) is 9.10. The van der Waals surface area contributed by atoms with Gasteiger partial charge in [0.05, 0.1) is 18.1 Å². The summed E-state index contributed by atoms with van der Waals surface area (Å²) in [5.41, 5.74) is 2.48. The third-order valence-corrected chi connectivity index (χ3v) is 6.84.